The highest BCUT2D eigenvalue weighted by atomic mass is 16.5. The van der Waals surface area contributed by atoms with Crippen LogP contribution in [0.4, 0.5) is 0 Å². The third-order valence-electron chi connectivity index (χ3n) is 1.94. The van der Waals surface area contributed by atoms with E-state index in [0.29, 0.717) is 6.61 Å². The second kappa shape index (κ2) is 5.28. The minimum atomic E-state index is 0.549. The largest absolute Gasteiger partial charge is 0.489 e. The summed E-state index contributed by atoms with van der Waals surface area (Å²) in [5.41, 5.74) is 2.38. The van der Waals surface area contributed by atoms with Crippen molar-refractivity contribution in [3.05, 3.63) is 54.6 Å². The Kier molecular flexibility index (Phi) is 3.99. The van der Waals surface area contributed by atoms with Crippen molar-refractivity contribution in [2.24, 2.45) is 0 Å². The summed E-state index contributed by atoms with van der Waals surface area (Å²) < 4.78 is 5.55. The van der Waals surface area contributed by atoms with Gasteiger partial charge in [-0.2, -0.15) is 0 Å². The minimum absolute atomic E-state index is 0.549. The zero-order valence-corrected chi connectivity index (χ0v) is 8.62. The average molecular weight is 188 g/mol. The zero-order chi connectivity index (χ0) is 10.4. The summed E-state index contributed by atoms with van der Waals surface area (Å²) in [6.07, 6.45) is 4.47. The van der Waals surface area contributed by atoms with Gasteiger partial charge in [0.25, 0.3) is 0 Å². The van der Waals surface area contributed by atoms with Crippen molar-refractivity contribution in [3.8, 4) is 5.75 Å². The van der Waals surface area contributed by atoms with Gasteiger partial charge in [0.15, 0.2) is 0 Å². The maximum Gasteiger partial charge on any atom is 0.123 e. The van der Waals surface area contributed by atoms with Gasteiger partial charge in [-0.15, -0.1) is 6.58 Å². The van der Waals surface area contributed by atoms with Crippen LogP contribution < -0.4 is 4.74 Å². The number of aryl methyl sites for hydroxylation is 1. The minimum Gasteiger partial charge on any atom is -0.489 e. The third kappa shape index (κ3) is 2.77. The smallest absolute Gasteiger partial charge is 0.123 e. The summed E-state index contributed by atoms with van der Waals surface area (Å²) in [6, 6.07) is 6.21. The molecule has 1 aromatic carbocycles. The van der Waals surface area contributed by atoms with E-state index in [9.17, 15) is 0 Å². The number of benzene rings is 1. The molecular formula is C13H16O. The Morgan fingerprint density at radius 3 is 2.71 bits per heavy atom. The maximum absolute atomic E-state index is 5.55. The van der Waals surface area contributed by atoms with Gasteiger partial charge in [-0.1, -0.05) is 30.9 Å². The van der Waals surface area contributed by atoms with Crippen molar-refractivity contribution in [2.75, 3.05) is 6.61 Å². The second-order valence-corrected chi connectivity index (χ2v) is 3.20. The average Bonchev–Trinajstić information content (AvgIpc) is 2.18. The summed E-state index contributed by atoms with van der Waals surface area (Å²) in [6.45, 7) is 9.96. The summed E-state index contributed by atoms with van der Waals surface area (Å²) in [5, 5.41) is 0. The Balaban J connectivity index is 2.89. The molecule has 1 rings (SSSR count). The molecule has 0 fully saturated rings. The van der Waals surface area contributed by atoms with E-state index in [1.807, 2.05) is 12.1 Å². The fourth-order valence-corrected chi connectivity index (χ4v) is 1.27. The molecule has 0 unspecified atom stereocenters. The molecule has 0 aromatic heterocycles. The zero-order valence-electron chi connectivity index (χ0n) is 8.62. The first-order valence-corrected chi connectivity index (χ1v) is 4.72. The summed E-state index contributed by atoms with van der Waals surface area (Å²) >= 11 is 0. The van der Waals surface area contributed by atoms with Crippen LogP contribution in [-0.4, -0.2) is 6.61 Å². The first kappa shape index (κ1) is 10.6. The standard InChI is InChI=1S/C13H16O/c1-4-6-12-8-7-11(3)10-13(12)14-9-5-2/h4-5,7-8,10H,1-2,6,9H2,3H3. The normalized spacial score (nSPS) is 9.50. The van der Waals surface area contributed by atoms with Crippen LogP contribution in [0.5, 0.6) is 5.75 Å². The lowest BCUT2D eigenvalue weighted by molar-refractivity contribution is 0.359. The molecule has 0 radical (unpaired) electrons. The first-order valence-electron chi connectivity index (χ1n) is 4.72. The van der Waals surface area contributed by atoms with E-state index in [1.54, 1.807) is 6.08 Å². The number of rotatable bonds is 5. The highest BCUT2D eigenvalue weighted by molar-refractivity contribution is 5.38. The number of allylic oxidation sites excluding steroid dienone is 1. The van der Waals surface area contributed by atoms with Crippen molar-refractivity contribution in [1.29, 1.82) is 0 Å². The van der Waals surface area contributed by atoms with Gasteiger partial charge in [0.05, 0.1) is 0 Å². The van der Waals surface area contributed by atoms with Crippen LogP contribution in [0.2, 0.25) is 0 Å². The van der Waals surface area contributed by atoms with E-state index in [1.165, 1.54) is 11.1 Å². The molecule has 0 amide bonds. The van der Waals surface area contributed by atoms with E-state index >= 15 is 0 Å². The molecule has 0 aliphatic rings. The van der Waals surface area contributed by atoms with E-state index in [-0.39, 0.29) is 0 Å². The van der Waals surface area contributed by atoms with Crippen LogP contribution in [0.25, 0.3) is 0 Å². The van der Waals surface area contributed by atoms with Gasteiger partial charge >= 0.3 is 0 Å². The molecule has 0 N–H and O–H groups in total. The monoisotopic (exact) mass is 188 g/mol. The second-order valence-electron chi connectivity index (χ2n) is 3.20. The third-order valence-corrected chi connectivity index (χ3v) is 1.94. The lowest BCUT2D eigenvalue weighted by Gasteiger charge is -2.09. The van der Waals surface area contributed by atoms with Crippen molar-refractivity contribution in [2.45, 2.75) is 13.3 Å². The van der Waals surface area contributed by atoms with Gasteiger partial charge in [0.2, 0.25) is 0 Å². The molecule has 0 bridgehead atoms. The lowest BCUT2D eigenvalue weighted by atomic mass is 10.1. The molecule has 0 saturated carbocycles. The Bertz CT molecular complexity index is 326. The molecule has 0 heterocycles. The molecule has 74 valence electrons. The molecule has 1 heteroatoms. The molecule has 0 atom stereocenters. The Morgan fingerprint density at radius 1 is 1.29 bits per heavy atom. The van der Waals surface area contributed by atoms with Crippen LogP contribution in [0.1, 0.15) is 11.1 Å². The summed E-state index contributed by atoms with van der Waals surface area (Å²) in [5.74, 6) is 0.935. The van der Waals surface area contributed by atoms with Crippen LogP contribution >= 0.6 is 0 Å². The first-order chi connectivity index (χ1) is 6.77. The molecule has 14 heavy (non-hydrogen) atoms. The predicted molar refractivity (Wildman–Crippen MR) is 60.8 cm³/mol. The van der Waals surface area contributed by atoms with E-state index in [0.717, 1.165) is 12.2 Å². The molecule has 1 nitrogen and oxygen atoms in total. The Hall–Kier alpha value is -1.50. The van der Waals surface area contributed by atoms with Gasteiger partial charge in [0, 0.05) is 0 Å². The van der Waals surface area contributed by atoms with Gasteiger partial charge in [0.1, 0.15) is 12.4 Å². The quantitative estimate of drug-likeness (QED) is 0.644. The highest BCUT2D eigenvalue weighted by Gasteiger charge is 2.01. The van der Waals surface area contributed by atoms with Crippen LogP contribution in [-0.2, 0) is 6.42 Å². The molecule has 0 aliphatic carbocycles. The van der Waals surface area contributed by atoms with Gasteiger partial charge in [-0.25, -0.2) is 0 Å². The van der Waals surface area contributed by atoms with Gasteiger partial charge < -0.3 is 4.74 Å². The molecule has 1 aromatic rings. The Morgan fingerprint density at radius 2 is 2.07 bits per heavy atom. The number of ether oxygens (including phenoxy) is 1. The SMILES string of the molecule is C=CCOc1cc(C)ccc1CC=C. The molecule has 0 aliphatic heterocycles. The number of hydrogen-bond donors (Lipinski definition) is 0. The van der Waals surface area contributed by atoms with Crippen molar-refractivity contribution < 1.29 is 4.74 Å². The molecule has 0 saturated heterocycles. The Labute approximate surface area is 85.7 Å². The molecular weight excluding hydrogens is 172 g/mol. The summed E-state index contributed by atoms with van der Waals surface area (Å²) in [7, 11) is 0. The van der Waals surface area contributed by atoms with Crippen molar-refractivity contribution in [3.63, 3.8) is 0 Å². The van der Waals surface area contributed by atoms with E-state index in [4.69, 9.17) is 4.74 Å². The predicted octanol–water partition coefficient (Wildman–Crippen LogP) is 3.29. The van der Waals surface area contributed by atoms with Crippen LogP contribution in [0, 0.1) is 6.92 Å². The van der Waals surface area contributed by atoms with Gasteiger partial charge in [-0.05, 0) is 30.5 Å². The number of hydrogen-bond acceptors (Lipinski definition) is 1. The van der Waals surface area contributed by atoms with E-state index < -0.39 is 0 Å². The van der Waals surface area contributed by atoms with Crippen LogP contribution in [0.15, 0.2) is 43.5 Å². The van der Waals surface area contributed by atoms with Crippen molar-refractivity contribution in [1.82, 2.24) is 0 Å². The summed E-state index contributed by atoms with van der Waals surface area (Å²) in [4.78, 5) is 0. The fourth-order valence-electron chi connectivity index (χ4n) is 1.27. The highest BCUT2D eigenvalue weighted by Crippen LogP contribution is 2.21. The van der Waals surface area contributed by atoms with Gasteiger partial charge in [-0.3, -0.25) is 0 Å². The lowest BCUT2D eigenvalue weighted by Crippen LogP contribution is -1.97. The maximum atomic E-state index is 5.55. The topological polar surface area (TPSA) is 9.23 Å². The molecule has 0 spiro atoms. The van der Waals surface area contributed by atoms with E-state index in [2.05, 4.69) is 32.2 Å². The van der Waals surface area contributed by atoms with Crippen LogP contribution in [0.3, 0.4) is 0 Å². The fraction of sp³-hybridized carbons (Fsp3) is 0.231. The van der Waals surface area contributed by atoms with Crippen molar-refractivity contribution >= 4 is 0 Å².